The lowest BCUT2D eigenvalue weighted by molar-refractivity contribution is -0.118. The standard InChI is InChI=1S/C23H30N2O3S/c1-7-12-25-21-10-9-20(13-19(21)8-11-22(25)26)24-29(27,28)23-17(5)15(3)14(2)16(4)18(23)6/h9-10,13,24H,7-8,11-12H2,1-6H3. The molecule has 0 aromatic heterocycles. The van der Waals surface area contributed by atoms with Crippen LogP contribution in [0.25, 0.3) is 0 Å². The van der Waals surface area contributed by atoms with Gasteiger partial charge in [-0.15, -0.1) is 0 Å². The molecule has 1 aliphatic heterocycles. The van der Waals surface area contributed by atoms with Crippen molar-refractivity contribution in [2.45, 2.75) is 65.7 Å². The number of carbonyl (C=O) groups excluding carboxylic acids is 1. The van der Waals surface area contributed by atoms with Crippen molar-refractivity contribution < 1.29 is 13.2 Å². The number of carbonyl (C=O) groups is 1. The Hall–Kier alpha value is -2.34. The number of rotatable bonds is 5. The molecule has 5 nitrogen and oxygen atoms in total. The van der Waals surface area contributed by atoms with Crippen molar-refractivity contribution in [1.29, 1.82) is 0 Å². The number of benzene rings is 2. The molecule has 2 aromatic carbocycles. The first-order valence-corrected chi connectivity index (χ1v) is 11.6. The van der Waals surface area contributed by atoms with E-state index in [1.807, 2.05) is 53.7 Å². The van der Waals surface area contributed by atoms with Crippen molar-refractivity contribution in [2.24, 2.45) is 0 Å². The predicted octanol–water partition coefficient (Wildman–Crippen LogP) is 4.72. The Morgan fingerprint density at radius 2 is 1.52 bits per heavy atom. The monoisotopic (exact) mass is 414 g/mol. The molecular formula is C23H30N2O3S. The summed E-state index contributed by atoms with van der Waals surface area (Å²) in [5.74, 6) is 0.129. The molecular weight excluding hydrogens is 384 g/mol. The van der Waals surface area contributed by atoms with E-state index in [9.17, 15) is 13.2 Å². The number of amides is 1. The van der Waals surface area contributed by atoms with Crippen LogP contribution in [0.3, 0.4) is 0 Å². The molecule has 29 heavy (non-hydrogen) atoms. The van der Waals surface area contributed by atoms with E-state index in [0.717, 1.165) is 45.5 Å². The number of nitrogens with zero attached hydrogens (tertiary/aromatic N) is 1. The molecule has 1 heterocycles. The molecule has 0 fully saturated rings. The number of nitrogens with one attached hydrogen (secondary N) is 1. The zero-order chi connectivity index (χ0) is 21.5. The van der Waals surface area contributed by atoms with Crippen molar-refractivity contribution in [3.8, 4) is 0 Å². The lowest BCUT2D eigenvalue weighted by Gasteiger charge is -2.29. The molecule has 0 spiro atoms. The summed E-state index contributed by atoms with van der Waals surface area (Å²) in [7, 11) is -3.73. The van der Waals surface area contributed by atoms with Crippen LogP contribution in [-0.2, 0) is 21.2 Å². The van der Waals surface area contributed by atoms with E-state index in [0.29, 0.717) is 30.0 Å². The first-order valence-electron chi connectivity index (χ1n) is 10.1. The fraction of sp³-hybridized carbons (Fsp3) is 0.435. The van der Waals surface area contributed by atoms with Crippen LogP contribution in [0.1, 0.15) is 53.1 Å². The largest absolute Gasteiger partial charge is 0.312 e. The summed E-state index contributed by atoms with van der Waals surface area (Å²) >= 11 is 0. The second-order valence-electron chi connectivity index (χ2n) is 7.95. The van der Waals surface area contributed by atoms with Gasteiger partial charge < -0.3 is 4.90 Å². The molecule has 1 amide bonds. The number of fused-ring (bicyclic) bond motifs is 1. The number of sulfonamides is 1. The normalized spacial score (nSPS) is 14.1. The van der Waals surface area contributed by atoms with Crippen LogP contribution in [0.2, 0.25) is 0 Å². The van der Waals surface area contributed by atoms with Crippen molar-refractivity contribution in [1.82, 2.24) is 0 Å². The molecule has 0 saturated carbocycles. The van der Waals surface area contributed by atoms with E-state index >= 15 is 0 Å². The average Bonchev–Trinajstić information content (AvgIpc) is 2.66. The van der Waals surface area contributed by atoms with Crippen LogP contribution in [0.15, 0.2) is 23.1 Å². The van der Waals surface area contributed by atoms with Crippen LogP contribution < -0.4 is 9.62 Å². The van der Waals surface area contributed by atoms with Gasteiger partial charge in [0.25, 0.3) is 10.0 Å². The van der Waals surface area contributed by atoms with Gasteiger partial charge in [-0.1, -0.05) is 6.92 Å². The number of hydrogen-bond donors (Lipinski definition) is 1. The van der Waals surface area contributed by atoms with Crippen molar-refractivity contribution in [3.63, 3.8) is 0 Å². The van der Waals surface area contributed by atoms with E-state index in [1.165, 1.54) is 0 Å². The SMILES string of the molecule is CCCN1C(=O)CCc2cc(NS(=O)(=O)c3c(C)c(C)c(C)c(C)c3C)ccc21. The van der Waals surface area contributed by atoms with Gasteiger partial charge in [0.15, 0.2) is 0 Å². The maximum absolute atomic E-state index is 13.3. The van der Waals surface area contributed by atoms with Crippen LogP contribution in [0.5, 0.6) is 0 Å². The molecule has 2 aromatic rings. The van der Waals surface area contributed by atoms with Gasteiger partial charge in [0.05, 0.1) is 4.90 Å². The lowest BCUT2D eigenvalue weighted by atomic mass is 9.95. The average molecular weight is 415 g/mol. The second kappa shape index (κ2) is 7.82. The fourth-order valence-corrected chi connectivity index (χ4v) is 5.82. The zero-order valence-corrected chi connectivity index (χ0v) is 19.0. The summed E-state index contributed by atoms with van der Waals surface area (Å²) in [6.07, 6.45) is 1.97. The smallest absolute Gasteiger partial charge is 0.262 e. The molecule has 1 aliphatic rings. The van der Waals surface area contributed by atoms with Gasteiger partial charge in [0, 0.05) is 24.3 Å². The molecule has 0 saturated heterocycles. The highest BCUT2D eigenvalue weighted by atomic mass is 32.2. The molecule has 156 valence electrons. The molecule has 0 aliphatic carbocycles. The van der Waals surface area contributed by atoms with Crippen LogP contribution in [0.4, 0.5) is 11.4 Å². The summed E-state index contributed by atoms with van der Waals surface area (Å²) in [6.45, 7) is 12.4. The van der Waals surface area contributed by atoms with Crippen molar-refractivity contribution in [2.75, 3.05) is 16.2 Å². The Balaban J connectivity index is 2.00. The third-order valence-electron chi connectivity index (χ3n) is 6.18. The predicted molar refractivity (Wildman–Crippen MR) is 118 cm³/mol. The third kappa shape index (κ3) is 3.78. The summed E-state index contributed by atoms with van der Waals surface area (Å²) in [5, 5.41) is 0. The van der Waals surface area contributed by atoms with Crippen molar-refractivity contribution >= 4 is 27.3 Å². The Bertz CT molecular complexity index is 1060. The van der Waals surface area contributed by atoms with E-state index < -0.39 is 10.0 Å². The summed E-state index contributed by atoms with van der Waals surface area (Å²) in [4.78, 5) is 14.4. The highest BCUT2D eigenvalue weighted by Crippen LogP contribution is 2.33. The lowest BCUT2D eigenvalue weighted by Crippen LogP contribution is -2.35. The molecule has 0 atom stereocenters. The minimum Gasteiger partial charge on any atom is -0.312 e. The molecule has 0 unspecified atom stereocenters. The quantitative estimate of drug-likeness (QED) is 0.770. The topological polar surface area (TPSA) is 66.5 Å². The minimum atomic E-state index is -3.73. The summed E-state index contributed by atoms with van der Waals surface area (Å²) in [5.41, 5.74) is 7.15. The first-order chi connectivity index (χ1) is 13.6. The molecule has 0 radical (unpaired) electrons. The maximum Gasteiger partial charge on any atom is 0.262 e. The van der Waals surface area contributed by atoms with Crippen molar-refractivity contribution in [3.05, 3.63) is 51.6 Å². The molecule has 3 rings (SSSR count). The Morgan fingerprint density at radius 3 is 2.10 bits per heavy atom. The second-order valence-corrected chi connectivity index (χ2v) is 9.57. The summed E-state index contributed by atoms with van der Waals surface area (Å²) in [6, 6.07) is 5.46. The van der Waals surface area contributed by atoms with Crippen LogP contribution >= 0.6 is 0 Å². The molecule has 0 bridgehead atoms. The fourth-order valence-electron chi connectivity index (χ4n) is 4.17. The number of hydrogen-bond acceptors (Lipinski definition) is 3. The molecule has 1 N–H and O–H groups in total. The van der Waals surface area contributed by atoms with E-state index in [2.05, 4.69) is 4.72 Å². The Kier molecular flexibility index (Phi) is 5.77. The maximum atomic E-state index is 13.3. The van der Waals surface area contributed by atoms with Crippen LogP contribution in [-0.4, -0.2) is 20.9 Å². The summed E-state index contributed by atoms with van der Waals surface area (Å²) < 4.78 is 29.3. The zero-order valence-electron chi connectivity index (χ0n) is 18.1. The van der Waals surface area contributed by atoms with Gasteiger partial charge in [-0.3, -0.25) is 9.52 Å². The first kappa shape index (κ1) is 21.4. The Morgan fingerprint density at radius 1 is 0.931 bits per heavy atom. The third-order valence-corrected chi connectivity index (χ3v) is 7.83. The van der Waals surface area contributed by atoms with Gasteiger partial charge in [0.2, 0.25) is 5.91 Å². The molecule has 6 heteroatoms. The van der Waals surface area contributed by atoms with Gasteiger partial charge in [-0.05, 0) is 99.0 Å². The van der Waals surface area contributed by atoms with Gasteiger partial charge >= 0.3 is 0 Å². The number of anilines is 2. The van der Waals surface area contributed by atoms with E-state index in [4.69, 9.17) is 0 Å². The minimum absolute atomic E-state index is 0.129. The number of aryl methyl sites for hydroxylation is 1. The van der Waals surface area contributed by atoms with E-state index in [1.54, 1.807) is 11.0 Å². The van der Waals surface area contributed by atoms with Crippen LogP contribution in [0, 0.1) is 34.6 Å². The van der Waals surface area contributed by atoms with E-state index in [-0.39, 0.29) is 5.91 Å². The highest BCUT2D eigenvalue weighted by Gasteiger charge is 2.26. The van der Waals surface area contributed by atoms with Gasteiger partial charge in [-0.25, -0.2) is 8.42 Å². The van der Waals surface area contributed by atoms with Gasteiger partial charge in [0.1, 0.15) is 0 Å². The van der Waals surface area contributed by atoms with Gasteiger partial charge in [-0.2, -0.15) is 0 Å². The highest BCUT2D eigenvalue weighted by molar-refractivity contribution is 7.92. The Labute approximate surface area is 174 Å².